The lowest BCUT2D eigenvalue weighted by atomic mass is 10.1. The normalized spacial score (nSPS) is 16.5. The van der Waals surface area contributed by atoms with Crippen molar-refractivity contribution in [3.05, 3.63) is 52.3 Å². The monoisotopic (exact) mass is 410 g/mol. The molecule has 1 atom stereocenters. The van der Waals surface area contributed by atoms with E-state index in [4.69, 9.17) is 0 Å². The molecule has 3 rings (SSSR count). The summed E-state index contributed by atoms with van der Waals surface area (Å²) in [6, 6.07) is 9.25. The summed E-state index contributed by atoms with van der Waals surface area (Å²) in [5.41, 5.74) is 6.33. The molecule has 1 aliphatic heterocycles. The molecule has 2 N–H and O–H groups in total. The fraction of sp³-hybridized carbons (Fsp3) is 0.583. The van der Waals surface area contributed by atoms with E-state index >= 15 is 0 Å². The molecule has 6 heteroatoms. The Hall–Kier alpha value is -2.34. The molecule has 1 aromatic heterocycles. The van der Waals surface area contributed by atoms with E-state index in [0.717, 1.165) is 31.2 Å². The maximum absolute atomic E-state index is 4.52. The van der Waals surface area contributed by atoms with Crippen LogP contribution in [-0.2, 0) is 26.6 Å². The number of likely N-dealkylation sites (tertiary alicyclic amines) is 1. The summed E-state index contributed by atoms with van der Waals surface area (Å²) in [6.45, 7) is 10.7. The Morgan fingerprint density at radius 3 is 2.37 bits per heavy atom. The lowest BCUT2D eigenvalue weighted by Crippen LogP contribution is -2.42. The zero-order valence-corrected chi connectivity index (χ0v) is 19.3. The minimum Gasteiger partial charge on any atom is -0.354 e. The van der Waals surface area contributed by atoms with Gasteiger partial charge in [0.2, 0.25) is 0 Å². The minimum absolute atomic E-state index is 0.268. The zero-order valence-electron chi connectivity index (χ0n) is 19.3. The van der Waals surface area contributed by atoms with Gasteiger partial charge in [-0.05, 0) is 69.8 Å². The van der Waals surface area contributed by atoms with E-state index in [1.54, 1.807) is 0 Å². The summed E-state index contributed by atoms with van der Waals surface area (Å²) in [5, 5.41) is 11.5. The van der Waals surface area contributed by atoms with Gasteiger partial charge in [-0.1, -0.05) is 30.7 Å². The Morgan fingerprint density at radius 2 is 1.77 bits per heavy atom. The second-order valence-electron chi connectivity index (χ2n) is 8.60. The fourth-order valence-electron chi connectivity index (χ4n) is 4.22. The van der Waals surface area contributed by atoms with Crippen LogP contribution in [0.5, 0.6) is 0 Å². The number of nitrogens with one attached hydrogen (secondary N) is 2. The Bertz CT molecular complexity index is 830. The van der Waals surface area contributed by atoms with E-state index in [-0.39, 0.29) is 6.04 Å². The Morgan fingerprint density at radius 1 is 1.10 bits per heavy atom. The first kappa shape index (κ1) is 22.3. The van der Waals surface area contributed by atoms with Gasteiger partial charge in [0.15, 0.2) is 5.96 Å². The molecule has 0 aliphatic carbocycles. The van der Waals surface area contributed by atoms with Crippen LogP contribution in [0.4, 0.5) is 0 Å². The topological polar surface area (TPSA) is 57.5 Å². The van der Waals surface area contributed by atoms with Crippen LogP contribution in [0.3, 0.4) is 0 Å². The predicted octanol–water partition coefficient (Wildman–Crippen LogP) is 3.32. The summed E-state index contributed by atoms with van der Waals surface area (Å²) in [5.74, 6) is 0.832. The molecule has 1 aliphatic rings. The maximum Gasteiger partial charge on any atom is 0.191 e. The second kappa shape index (κ2) is 10.6. The van der Waals surface area contributed by atoms with Crippen molar-refractivity contribution in [1.29, 1.82) is 0 Å². The predicted molar refractivity (Wildman–Crippen MR) is 125 cm³/mol. The quantitative estimate of drug-likeness (QED) is 0.543. The van der Waals surface area contributed by atoms with Crippen molar-refractivity contribution >= 4 is 5.96 Å². The SMILES string of the molecule is CN=C(NCc1ccc(CN2CCCCC2)cc1)NC(C)Cc1c(C)nn(C)c1C. The number of hydrogen-bond acceptors (Lipinski definition) is 3. The van der Waals surface area contributed by atoms with Crippen LogP contribution in [0.25, 0.3) is 0 Å². The number of rotatable bonds is 7. The number of aliphatic imine (C=N–C) groups is 1. The molecule has 0 radical (unpaired) electrons. The molecule has 164 valence electrons. The minimum atomic E-state index is 0.268. The Labute approximate surface area is 181 Å². The van der Waals surface area contributed by atoms with E-state index in [2.05, 4.69) is 70.7 Å². The van der Waals surface area contributed by atoms with E-state index < -0.39 is 0 Å². The average molecular weight is 411 g/mol. The highest BCUT2D eigenvalue weighted by molar-refractivity contribution is 5.79. The number of aryl methyl sites for hydroxylation is 2. The van der Waals surface area contributed by atoms with Gasteiger partial charge < -0.3 is 10.6 Å². The standard InChI is InChI=1S/C24H38N6/c1-18(15-23-19(2)28-29(5)20(23)3)27-24(25-4)26-16-21-9-11-22(12-10-21)17-30-13-7-6-8-14-30/h9-12,18H,6-8,13-17H2,1-5H3,(H2,25,26,27). The lowest BCUT2D eigenvalue weighted by Gasteiger charge is -2.26. The van der Waals surface area contributed by atoms with Crippen LogP contribution in [0.1, 0.15) is 54.3 Å². The molecule has 2 heterocycles. The molecule has 0 bridgehead atoms. The van der Waals surface area contributed by atoms with Gasteiger partial charge in [0.25, 0.3) is 0 Å². The molecular weight excluding hydrogens is 372 g/mol. The first-order valence-corrected chi connectivity index (χ1v) is 11.2. The molecule has 1 saturated heterocycles. The molecule has 1 unspecified atom stereocenters. The van der Waals surface area contributed by atoms with E-state index in [1.165, 1.54) is 54.7 Å². The van der Waals surface area contributed by atoms with Crippen molar-refractivity contribution in [3.63, 3.8) is 0 Å². The largest absolute Gasteiger partial charge is 0.354 e. The molecular formula is C24H38N6. The first-order valence-electron chi connectivity index (χ1n) is 11.2. The van der Waals surface area contributed by atoms with Gasteiger partial charge in [0, 0.05) is 38.9 Å². The van der Waals surface area contributed by atoms with Crippen molar-refractivity contribution in [1.82, 2.24) is 25.3 Å². The van der Waals surface area contributed by atoms with Crippen molar-refractivity contribution in [2.75, 3.05) is 20.1 Å². The van der Waals surface area contributed by atoms with Gasteiger partial charge >= 0.3 is 0 Å². The second-order valence-corrected chi connectivity index (χ2v) is 8.60. The van der Waals surface area contributed by atoms with Crippen molar-refractivity contribution in [2.24, 2.45) is 12.0 Å². The van der Waals surface area contributed by atoms with Crippen LogP contribution in [0.15, 0.2) is 29.3 Å². The number of aromatic nitrogens is 2. The van der Waals surface area contributed by atoms with Crippen molar-refractivity contribution in [3.8, 4) is 0 Å². The number of nitrogens with zero attached hydrogens (tertiary/aromatic N) is 4. The van der Waals surface area contributed by atoms with Gasteiger partial charge in [-0.15, -0.1) is 0 Å². The average Bonchev–Trinajstić information content (AvgIpc) is 2.99. The van der Waals surface area contributed by atoms with E-state index in [0.29, 0.717) is 0 Å². The van der Waals surface area contributed by atoms with E-state index in [1.807, 2.05) is 18.8 Å². The molecule has 0 amide bonds. The molecule has 30 heavy (non-hydrogen) atoms. The van der Waals surface area contributed by atoms with Crippen LogP contribution >= 0.6 is 0 Å². The highest BCUT2D eigenvalue weighted by atomic mass is 15.3. The summed E-state index contributed by atoms with van der Waals surface area (Å²) >= 11 is 0. The molecule has 1 aromatic carbocycles. The fourth-order valence-corrected chi connectivity index (χ4v) is 4.22. The number of guanidine groups is 1. The first-order chi connectivity index (χ1) is 14.5. The van der Waals surface area contributed by atoms with Crippen molar-refractivity contribution in [2.45, 2.75) is 65.6 Å². The number of benzene rings is 1. The summed E-state index contributed by atoms with van der Waals surface area (Å²) in [7, 11) is 3.83. The summed E-state index contributed by atoms with van der Waals surface area (Å²) in [6.07, 6.45) is 4.99. The zero-order chi connectivity index (χ0) is 21.5. The van der Waals surface area contributed by atoms with Gasteiger partial charge in [0.05, 0.1) is 5.69 Å². The smallest absolute Gasteiger partial charge is 0.191 e. The highest BCUT2D eigenvalue weighted by Gasteiger charge is 2.14. The third-order valence-electron chi connectivity index (χ3n) is 6.11. The van der Waals surface area contributed by atoms with Crippen LogP contribution in [0.2, 0.25) is 0 Å². The Balaban J connectivity index is 1.47. The van der Waals surface area contributed by atoms with Gasteiger partial charge in [-0.3, -0.25) is 14.6 Å². The Kier molecular flexibility index (Phi) is 7.91. The van der Waals surface area contributed by atoms with Crippen LogP contribution in [0, 0.1) is 13.8 Å². The van der Waals surface area contributed by atoms with Crippen LogP contribution in [-0.4, -0.2) is 46.8 Å². The van der Waals surface area contributed by atoms with E-state index in [9.17, 15) is 0 Å². The summed E-state index contributed by atoms with van der Waals surface area (Å²) < 4.78 is 1.96. The van der Waals surface area contributed by atoms with Crippen LogP contribution < -0.4 is 10.6 Å². The third-order valence-corrected chi connectivity index (χ3v) is 6.11. The molecule has 0 spiro atoms. The molecule has 1 fully saturated rings. The molecule has 0 saturated carbocycles. The number of piperidine rings is 1. The lowest BCUT2D eigenvalue weighted by molar-refractivity contribution is 0.221. The third kappa shape index (κ3) is 6.08. The molecule has 2 aromatic rings. The number of hydrogen-bond donors (Lipinski definition) is 2. The maximum atomic E-state index is 4.52. The van der Waals surface area contributed by atoms with Crippen molar-refractivity contribution < 1.29 is 0 Å². The highest BCUT2D eigenvalue weighted by Crippen LogP contribution is 2.15. The van der Waals surface area contributed by atoms with Gasteiger partial charge in [0.1, 0.15) is 0 Å². The van der Waals surface area contributed by atoms with Gasteiger partial charge in [-0.25, -0.2) is 0 Å². The summed E-state index contributed by atoms with van der Waals surface area (Å²) in [4.78, 5) is 6.96. The van der Waals surface area contributed by atoms with Gasteiger partial charge in [-0.2, -0.15) is 5.10 Å². The molecule has 6 nitrogen and oxygen atoms in total.